The summed E-state index contributed by atoms with van der Waals surface area (Å²) in [6.07, 6.45) is 18.2. The highest BCUT2D eigenvalue weighted by Gasteiger charge is 2.26. The van der Waals surface area contributed by atoms with Crippen LogP contribution in [0.15, 0.2) is 59.3 Å². The molecule has 1 rings (SSSR count). The predicted octanol–water partition coefficient (Wildman–Crippen LogP) is 5.33. The van der Waals surface area contributed by atoms with E-state index in [9.17, 15) is 4.79 Å². The second-order valence-corrected chi connectivity index (χ2v) is 6.08. The molecule has 0 aromatic carbocycles. The molecule has 0 saturated carbocycles. The van der Waals surface area contributed by atoms with Crippen LogP contribution in [0, 0.1) is 5.41 Å². The molecule has 0 saturated heterocycles. The highest BCUT2D eigenvalue weighted by molar-refractivity contribution is 5.65. The number of allylic oxidation sites excluding steroid dienone is 10. The summed E-state index contributed by atoms with van der Waals surface area (Å²) >= 11 is 0. The summed E-state index contributed by atoms with van der Waals surface area (Å²) in [4.78, 5) is 10.2. The Balaban J connectivity index is 2.71. The Morgan fingerprint density at radius 2 is 1.90 bits per heavy atom. The Bertz CT molecular complexity index is 482. The molecule has 0 aromatic heterocycles. The van der Waals surface area contributed by atoms with Gasteiger partial charge in [-0.1, -0.05) is 61.4 Å². The van der Waals surface area contributed by atoms with Crippen LogP contribution >= 0.6 is 0 Å². The third kappa shape index (κ3) is 5.16. The van der Waals surface area contributed by atoms with E-state index >= 15 is 0 Å². The van der Waals surface area contributed by atoms with Gasteiger partial charge in [-0.3, -0.25) is 4.79 Å². The number of carbonyl (C=O) groups excluding carboxylic acids is 1. The lowest BCUT2D eigenvalue weighted by molar-refractivity contribution is -0.104. The van der Waals surface area contributed by atoms with Gasteiger partial charge in [0.15, 0.2) is 0 Å². The summed E-state index contributed by atoms with van der Waals surface area (Å²) in [6.45, 7) is 8.93. The van der Waals surface area contributed by atoms with Crippen LogP contribution in [-0.2, 0) is 4.79 Å². The number of aldehydes is 1. The maximum Gasteiger partial charge on any atom is 0.142 e. The Labute approximate surface area is 123 Å². The van der Waals surface area contributed by atoms with Crippen LogP contribution in [0.4, 0.5) is 0 Å². The minimum absolute atomic E-state index is 0.296. The van der Waals surface area contributed by atoms with Crippen molar-refractivity contribution in [2.45, 2.75) is 47.0 Å². The fourth-order valence-electron chi connectivity index (χ4n) is 2.68. The molecule has 1 aliphatic rings. The molecule has 1 nitrogen and oxygen atoms in total. The van der Waals surface area contributed by atoms with Crippen molar-refractivity contribution in [1.29, 1.82) is 0 Å². The van der Waals surface area contributed by atoms with Crippen molar-refractivity contribution in [1.82, 2.24) is 0 Å². The molecule has 20 heavy (non-hydrogen) atoms. The molecule has 1 heteroatoms. The van der Waals surface area contributed by atoms with Gasteiger partial charge in [0, 0.05) is 0 Å². The van der Waals surface area contributed by atoms with Gasteiger partial charge < -0.3 is 0 Å². The Morgan fingerprint density at radius 3 is 2.55 bits per heavy atom. The van der Waals surface area contributed by atoms with Crippen LogP contribution in [0.1, 0.15) is 47.0 Å². The molecule has 0 N–H and O–H groups in total. The third-order valence-electron chi connectivity index (χ3n) is 3.82. The van der Waals surface area contributed by atoms with Crippen molar-refractivity contribution in [3.05, 3.63) is 59.3 Å². The second-order valence-electron chi connectivity index (χ2n) is 6.08. The Kier molecular flexibility index (Phi) is 6.44. The summed E-state index contributed by atoms with van der Waals surface area (Å²) in [5.41, 5.74) is 4.42. The molecule has 0 unspecified atom stereocenters. The molecular formula is C19H26O. The first-order chi connectivity index (χ1) is 9.47. The van der Waals surface area contributed by atoms with Crippen molar-refractivity contribution < 1.29 is 4.79 Å². The van der Waals surface area contributed by atoms with Gasteiger partial charge in [0.1, 0.15) is 6.29 Å². The van der Waals surface area contributed by atoms with E-state index in [-0.39, 0.29) is 0 Å². The summed E-state index contributed by atoms with van der Waals surface area (Å²) in [6, 6.07) is 0. The smallest absolute Gasteiger partial charge is 0.142 e. The molecule has 0 bridgehead atoms. The van der Waals surface area contributed by atoms with Crippen LogP contribution in [0.3, 0.4) is 0 Å². The van der Waals surface area contributed by atoms with Gasteiger partial charge in [0.05, 0.1) is 0 Å². The first-order valence-electron chi connectivity index (χ1n) is 7.31. The van der Waals surface area contributed by atoms with Gasteiger partial charge in [-0.15, -0.1) is 0 Å². The highest BCUT2D eigenvalue weighted by Crippen LogP contribution is 2.40. The van der Waals surface area contributed by atoms with E-state index < -0.39 is 0 Å². The average Bonchev–Trinajstić information content (AvgIpc) is 2.37. The molecule has 0 atom stereocenters. The third-order valence-corrected chi connectivity index (χ3v) is 3.82. The Morgan fingerprint density at radius 1 is 1.15 bits per heavy atom. The largest absolute Gasteiger partial charge is 0.299 e. The first kappa shape index (κ1) is 16.4. The number of hydrogen-bond donors (Lipinski definition) is 0. The molecule has 0 aromatic rings. The lowest BCUT2D eigenvalue weighted by Crippen LogP contribution is -2.18. The average molecular weight is 270 g/mol. The lowest BCUT2D eigenvalue weighted by Gasteiger charge is -2.32. The predicted molar refractivity (Wildman–Crippen MR) is 87.6 cm³/mol. The van der Waals surface area contributed by atoms with Crippen LogP contribution < -0.4 is 0 Å². The van der Waals surface area contributed by atoms with Gasteiger partial charge >= 0.3 is 0 Å². The molecule has 0 radical (unpaired) electrons. The van der Waals surface area contributed by atoms with E-state index in [1.807, 2.05) is 13.0 Å². The second kappa shape index (κ2) is 7.84. The minimum atomic E-state index is 0.296. The fraction of sp³-hybridized carbons (Fsp3) is 0.421. The van der Waals surface area contributed by atoms with Gasteiger partial charge in [0.2, 0.25) is 0 Å². The molecule has 0 amide bonds. The van der Waals surface area contributed by atoms with E-state index in [0.29, 0.717) is 5.41 Å². The molecule has 108 valence electrons. The van der Waals surface area contributed by atoms with Crippen molar-refractivity contribution in [2.75, 3.05) is 0 Å². The zero-order valence-electron chi connectivity index (χ0n) is 13.1. The van der Waals surface area contributed by atoms with Crippen LogP contribution in [0.5, 0.6) is 0 Å². The van der Waals surface area contributed by atoms with Gasteiger partial charge in [-0.2, -0.15) is 0 Å². The summed E-state index contributed by atoms with van der Waals surface area (Å²) in [7, 11) is 0. The summed E-state index contributed by atoms with van der Waals surface area (Å²) < 4.78 is 0. The molecule has 0 heterocycles. The first-order valence-corrected chi connectivity index (χ1v) is 7.31. The molecule has 1 aliphatic carbocycles. The maximum atomic E-state index is 10.2. The summed E-state index contributed by atoms with van der Waals surface area (Å²) in [5.74, 6) is 0. The van der Waals surface area contributed by atoms with Gasteiger partial charge in [-0.25, -0.2) is 0 Å². The maximum absolute atomic E-state index is 10.2. The topological polar surface area (TPSA) is 17.1 Å². The summed E-state index contributed by atoms with van der Waals surface area (Å²) in [5, 5.41) is 0. The molecular weight excluding hydrogens is 244 g/mol. The van der Waals surface area contributed by atoms with Crippen molar-refractivity contribution in [2.24, 2.45) is 5.41 Å². The van der Waals surface area contributed by atoms with E-state index in [1.54, 1.807) is 6.08 Å². The molecule has 0 spiro atoms. The normalized spacial score (nSPS) is 20.5. The zero-order chi connectivity index (χ0) is 15.0. The van der Waals surface area contributed by atoms with Crippen molar-refractivity contribution in [3.8, 4) is 0 Å². The fourth-order valence-corrected chi connectivity index (χ4v) is 2.68. The Hall–Kier alpha value is -1.63. The van der Waals surface area contributed by atoms with Gasteiger partial charge in [0.25, 0.3) is 0 Å². The SMILES string of the molecule is CC1=C(/C=C/C=C\C(C)=C\C=C/C=O)C(C)(C)CCC1. The highest BCUT2D eigenvalue weighted by atomic mass is 16.1. The number of carbonyl (C=O) groups is 1. The van der Waals surface area contributed by atoms with Crippen LogP contribution in [0.25, 0.3) is 0 Å². The monoisotopic (exact) mass is 270 g/mol. The van der Waals surface area contributed by atoms with E-state index in [0.717, 1.165) is 11.9 Å². The molecule has 0 aliphatic heterocycles. The van der Waals surface area contributed by atoms with E-state index in [4.69, 9.17) is 0 Å². The minimum Gasteiger partial charge on any atom is -0.299 e. The molecule has 0 fully saturated rings. The van der Waals surface area contributed by atoms with Crippen LogP contribution in [-0.4, -0.2) is 6.29 Å². The van der Waals surface area contributed by atoms with Crippen molar-refractivity contribution in [3.63, 3.8) is 0 Å². The number of rotatable bonds is 5. The van der Waals surface area contributed by atoms with Crippen LogP contribution in [0.2, 0.25) is 0 Å². The zero-order valence-corrected chi connectivity index (χ0v) is 13.1. The quantitative estimate of drug-likeness (QED) is 0.375. The van der Waals surface area contributed by atoms with Crippen molar-refractivity contribution >= 4 is 6.29 Å². The van der Waals surface area contributed by atoms with E-state index in [1.165, 1.54) is 36.5 Å². The standard InChI is InChI=1S/C19H26O/c1-16(11-7-8-15-20)10-5-6-13-18-17(2)12-9-14-19(18,3)4/h5-8,10-11,13,15H,9,12,14H2,1-4H3/b8-7-,10-5-,13-6+,16-11+. The van der Waals surface area contributed by atoms with Gasteiger partial charge in [-0.05, 0) is 50.2 Å². The number of hydrogen-bond acceptors (Lipinski definition) is 1. The lowest BCUT2D eigenvalue weighted by atomic mass is 9.73. The van der Waals surface area contributed by atoms with E-state index in [2.05, 4.69) is 45.1 Å².